The number of hydrogen-bond donors (Lipinski definition) is 2. The summed E-state index contributed by atoms with van der Waals surface area (Å²) in [5.41, 5.74) is 1.94. The summed E-state index contributed by atoms with van der Waals surface area (Å²) in [6, 6.07) is 12.5. The Balaban J connectivity index is 1.70. The maximum Gasteiger partial charge on any atom is 0.335 e. The number of nitrogens with one attached hydrogen (secondary N) is 1. The van der Waals surface area contributed by atoms with Crippen LogP contribution in [0.4, 0.5) is 0 Å². The molecule has 2 aromatic carbocycles. The summed E-state index contributed by atoms with van der Waals surface area (Å²) in [5, 5.41) is 21.5. The molecule has 0 saturated heterocycles. The second-order valence-electron chi connectivity index (χ2n) is 7.58. The van der Waals surface area contributed by atoms with Crippen LogP contribution in [0.2, 0.25) is 0 Å². The minimum absolute atomic E-state index is 0.0920. The highest BCUT2D eigenvalue weighted by Crippen LogP contribution is 2.30. The van der Waals surface area contributed by atoms with Crippen LogP contribution in [0.5, 0.6) is 5.75 Å². The van der Waals surface area contributed by atoms with Gasteiger partial charge in [0.25, 0.3) is 5.91 Å². The molecule has 32 heavy (non-hydrogen) atoms. The molecule has 8 heteroatoms. The van der Waals surface area contributed by atoms with Crippen LogP contribution in [0.3, 0.4) is 0 Å². The molecule has 2 N–H and O–H groups in total. The Morgan fingerprint density at radius 1 is 1.12 bits per heavy atom. The van der Waals surface area contributed by atoms with E-state index in [0.29, 0.717) is 12.4 Å². The number of carbonyl (C=O) groups excluding carboxylic acids is 1. The number of carbonyl (C=O) groups is 2. The van der Waals surface area contributed by atoms with Crippen LogP contribution < -0.4 is 10.1 Å². The second kappa shape index (κ2) is 11.7. The van der Waals surface area contributed by atoms with E-state index in [1.807, 2.05) is 18.2 Å². The summed E-state index contributed by atoms with van der Waals surface area (Å²) in [7, 11) is 0. The third kappa shape index (κ3) is 6.68. The lowest BCUT2D eigenvalue weighted by Crippen LogP contribution is -2.36. The Labute approximate surface area is 214 Å². The van der Waals surface area contributed by atoms with Crippen molar-refractivity contribution in [2.45, 2.75) is 44.8 Å². The lowest BCUT2D eigenvalue weighted by molar-refractivity contribution is -0.117. The first-order valence-electron chi connectivity index (χ1n) is 10.2. The average Bonchev–Trinajstić information content (AvgIpc) is 2.77. The largest absolute Gasteiger partial charge is 0.487 e. The third-order valence-electron chi connectivity index (χ3n) is 5.22. The van der Waals surface area contributed by atoms with Crippen molar-refractivity contribution in [1.82, 2.24) is 5.32 Å². The first kappa shape index (κ1) is 24.5. The van der Waals surface area contributed by atoms with Gasteiger partial charge in [-0.15, -0.1) is 0 Å². The van der Waals surface area contributed by atoms with E-state index < -0.39 is 5.97 Å². The molecule has 0 spiro atoms. The molecule has 0 heterocycles. The summed E-state index contributed by atoms with van der Waals surface area (Å²) in [4.78, 5) is 23.5. The van der Waals surface area contributed by atoms with E-state index in [-0.39, 0.29) is 23.1 Å². The zero-order chi connectivity index (χ0) is 23.1. The number of halogens is 2. The van der Waals surface area contributed by atoms with E-state index in [2.05, 4.69) is 50.5 Å². The monoisotopic (exact) mass is 656 g/mol. The number of carboxylic acids is 1. The van der Waals surface area contributed by atoms with Gasteiger partial charge in [0.15, 0.2) is 0 Å². The quantitative estimate of drug-likeness (QED) is 0.232. The Hall–Kier alpha value is -2.13. The van der Waals surface area contributed by atoms with Crippen LogP contribution in [-0.4, -0.2) is 23.0 Å². The minimum Gasteiger partial charge on any atom is -0.487 e. The highest BCUT2D eigenvalue weighted by atomic mass is 127. The zero-order valence-corrected chi connectivity index (χ0v) is 21.6. The molecule has 6 nitrogen and oxygen atoms in total. The van der Waals surface area contributed by atoms with Gasteiger partial charge in [0.05, 0.1) is 12.7 Å². The van der Waals surface area contributed by atoms with Crippen molar-refractivity contribution in [1.29, 1.82) is 5.26 Å². The normalized spacial score (nSPS) is 14.5. The van der Waals surface area contributed by atoms with Crippen molar-refractivity contribution < 1.29 is 19.4 Å². The van der Waals surface area contributed by atoms with Gasteiger partial charge in [0.1, 0.15) is 24.0 Å². The Morgan fingerprint density at radius 2 is 1.75 bits per heavy atom. The van der Waals surface area contributed by atoms with Crippen molar-refractivity contribution >= 4 is 63.1 Å². The average molecular weight is 656 g/mol. The lowest BCUT2D eigenvalue weighted by atomic mass is 9.95. The van der Waals surface area contributed by atoms with Crippen LogP contribution in [-0.2, 0) is 11.4 Å². The SMILES string of the molecule is N#C/C(=C/c1cc(I)c(OCc2ccc(C(=O)O)cc2)c(I)c1)C(=O)NC1CCCCC1. The van der Waals surface area contributed by atoms with Crippen LogP contribution in [0.1, 0.15) is 53.6 Å². The topological polar surface area (TPSA) is 99.4 Å². The molecule has 1 aliphatic carbocycles. The van der Waals surface area contributed by atoms with Crippen LogP contribution in [0.25, 0.3) is 6.08 Å². The second-order valence-corrected chi connectivity index (χ2v) is 9.91. The number of nitrogens with zero attached hydrogens (tertiary/aromatic N) is 1. The number of aromatic carboxylic acids is 1. The molecule has 0 atom stereocenters. The van der Waals surface area contributed by atoms with E-state index in [0.717, 1.165) is 44.0 Å². The van der Waals surface area contributed by atoms with Crippen LogP contribution in [0.15, 0.2) is 42.0 Å². The lowest BCUT2D eigenvalue weighted by Gasteiger charge is -2.22. The van der Waals surface area contributed by atoms with Crippen LogP contribution in [0, 0.1) is 18.5 Å². The molecule has 0 unspecified atom stereocenters. The third-order valence-corrected chi connectivity index (χ3v) is 6.82. The molecule has 0 aliphatic heterocycles. The molecule has 1 fully saturated rings. The van der Waals surface area contributed by atoms with Gasteiger partial charge in [-0.2, -0.15) is 5.26 Å². The predicted molar refractivity (Wildman–Crippen MR) is 138 cm³/mol. The Kier molecular flexibility index (Phi) is 8.92. The van der Waals surface area contributed by atoms with Gasteiger partial charge in [-0.25, -0.2) is 4.79 Å². The number of ether oxygens (including phenoxy) is 1. The smallest absolute Gasteiger partial charge is 0.335 e. The van der Waals surface area contributed by atoms with Gasteiger partial charge in [-0.05, 0) is 99.5 Å². The van der Waals surface area contributed by atoms with Gasteiger partial charge in [0, 0.05) is 6.04 Å². The molecule has 0 radical (unpaired) electrons. The Bertz CT molecular complexity index is 1050. The number of amides is 1. The summed E-state index contributed by atoms with van der Waals surface area (Å²) in [5.74, 6) is -0.584. The van der Waals surface area contributed by atoms with Gasteiger partial charge < -0.3 is 15.2 Å². The molecular formula is C24H22I2N2O4. The standard InChI is InChI=1S/C24H22I2N2O4/c25-20-11-16(10-18(13-27)23(29)28-19-4-2-1-3-5-19)12-21(26)22(20)32-14-15-6-8-17(9-7-15)24(30)31/h6-12,19H,1-5,14H2,(H,28,29)(H,30,31)/b18-10-. The number of hydrogen-bond acceptors (Lipinski definition) is 4. The van der Waals surface area contributed by atoms with E-state index in [9.17, 15) is 14.9 Å². The maximum atomic E-state index is 12.5. The fourth-order valence-electron chi connectivity index (χ4n) is 3.53. The van der Waals surface area contributed by atoms with Gasteiger partial charge >= 0.3 is 5.97 Å². The number of carboxylic acid groups (broad SMARTS) is 1. The van der Waals surface area contributed by atoms with E-state index in [4.69, 9.17) is 9.84 Å². The number of benzene rings is 2. The first-order chi connectivity index (χ1) is 15.4. The van der Waals surface area contributed by atoms with Gasteiger partial charge in [-0.3, -0.25) is 4.79 Å². The zero-order valence-electron chi connectivity index (χ0n) is 17.2. The number of nitriles is 1. The minimum atomic E-state index is -0.964. The Morgan fingerprint density at radius 3 is 2.31 bits per heavy atom. The number of rotatable bonds is 7. The molecule has 1 aliphatic rings. The fourth-order valence-corrected chi connectivity index (χ4v) is 5.65. The molecule has 1 saturated carbocycles. The van der Waals surface area contributed by atoms with Gasteiger partial charge in [0.2, 0.25) is 0 Å². The molecule has 2 aromatic rings. The van der Waals surface area contributed by atoms with E-state index in [1.54, 1.807) is 30.3 Å². The highest BCUT2D eigenvalue weighted by Gasteiger charge is 2.18. The first-order valence-corrected chi connectivity index (χ1v) is 12.4. The van der Waals surface area contributed by atoms with E-state index in [1.165, 1.54) is 6.42 Å². The molecule has 3 rings (SSSR count). The van der Waals surface area contributed by atoms with Crippen LogP contribution >= 0.6 is 45.2 Å². The summed E-state index contributed by atoms with van der Waals surface area (Å²) in [6.07, 6.45) is 6.95. The van der Waals surface area contributed by atoms with Crippen molar-refractivity contribution in [3.8, 4) is 11.8 Å². The summed E-state index contributed by atoms with van der Waals surface area (Å²) < 4.78 is 7.67. The summed E-state index contributed by atoms with van der Waals surface area (Å²) in [6.45, 7) is 0.300. The maximum absolute atomic E-state index is 12.5. The van der Waals surface area contributed by atoms with Crippen molar-refractivity contribution in [2.24, 2.45) is 0 Å². The molecule has 166 valence electrons. The molecule has 1 amide bonds. The van der Waals surface area contributed by atoms with E-state index >= 15 is 0 Å². The van der Waals surface area contributed by atoms with Crippen molar-refractivity contribution in [3.63, 3.8) is 0 Å². The molecule has 0 aromatic heterocycles. The van der Waals surface area contributed by atoms with Crippen molar-refractivity contribution in [2.75, 3.05) is 0 Å². The molecular weight excluding hydrogens is 634 g/mol. The predicted octanol–water partition coefficient (Wildman–Crippen LogP) is 5.53. The van der Waals surface area contributed by atoms with Crippen molar-refractivity contribution in [3.05, 3.63) is 65.8 Å². The molecule has 0 bridgehead atoms. The highest BCUT2D eigenvalue weighted by molar-refractivity contribution is 14.1. The summed E-state index contributed by atoms with van der Waals surface area (Å²) >= 11 is 4.34. The van der Waals surface area contributed by atoms with Gasteiger partial charge in [-0.1, -0.05) is 31.4 Å². The fraction of sp³-hybridized carbons (Fsp3) is 0.292.